The Morgan fingerprint density at radius 3 is 2.65 bits per heavy atom. The molecule has 2 aromatic rings. The highest BCUT2D eigenvalue weighted by atomic mass is 127. The number of nitrogens with zero attached hydrogens (tertiary/aromatic N) is 4. The monoisotopic (exact) mass is 385 g/mol. The lowest BCUT2D eigenvalue weighted by Crippen LogP contribution is -2.13. The summed E-state index contributed by atoms with van der Waals surface area (Å²) in [5.74, 6) is 2.89. The van der Waals surface area contributed by atoms with Crippen molar-refractivity contribution in [3.8, 4) is 5.82 Å². The Hall–Kier alpha value is -1.18. The fraction of sp³-hybridized carbons (Fsp3) is 0.500. The van der Waals surface area contributed by atoms with Crippen LogP contribution < -0.4 is 5.32 Å². The average Bonchev–Trinajstić information content (AvgIpc) is 2.83. The molecule has 0 spiro atoms. The van der Waals surface area contributed by atoms with Gasteiger partial charge in [0, 0.05) is 24.2 Å². The highest BCUT2D eigenvalue weighted by Crippen LogP contribution is 2.22. The lowest BCUT2D eigenvalue weighted by atomic mass is 10.2. The van der Waals surface area contributed by atoms with Crippen LogP contribution in [-0.4, -0.2) is 26.3 Å². The smallest absolute Gasteiger partial charge is 0.162 e. The van der Waals surface area contributed by atoms with Crippen molar-refractivity contribution in [2.45, 2.75) is 40.0 Å². The number of anilines is 1. The maximum Gasteiger partial charge on any atom is 0.162 e. The van der Waals surface area contributed by atoms with Gasteiger partial charge in [0.25, 0.3) is 0 Å². The van der Waals surface area contributed by atoms with Gasteiger partial charge in [0.15, 0.2) is 5.82 Å². The molecule has 2 heterocycles. The number of rotatable bonds is 5. The van der Waals surface area contributed by atoms with Gasteiger partial charge < -0.3 is 5.32 Å². The molecule has 0 aliphatic carbocycles. The van der Waals surface area contributed by atoms with E-state index in [0.717, 1.165) is 39.6 Å². The van der Waals surface area contributed by atoms with Crippen LogP contribution in [0.2, 0.25) is 0 Å². The molecule has 0 radical (unpaired) electrons. The Kier molecular flexibility index (Phi) is 4.95. The second-order valence-electron chi connectivity index (χ2n) is 5.06. The third kappa shape index (κ3) is 3.28. The van der Waals surface area contributed by atoms with Gasteiger partial charge in [-0.15, -0.1) is 0 Å². The first-order chi connectivity index (χ1) is 9.52. The van der Waals surface area contributed by atoms with E-state index in [4.69, 9.17) is 0 Å². The Labute approximate surface area is 133 Å². The van der Waals surface area contributed by atoms with Crippen molar-refractivity contribution in [1.29, 1.82) is 0 Å². The third-order valence-corrected chi connectivity index (χ3v) is 3.52. The molecule has 1 N–H and O–H groups in total. The number of hydrogen-bond acceptors (Lipinski definition) is 4. The summed E-state index contributed by atoms with van der Waals surface area (Å²) in [6, 6.07) is 0. The Morgan fingerprint density at radius 2 is 2.10 bits per heavy atom. The van der Waals surface area contributed by atoms with Crippen LogP contribution >= 0.6 is 22.6 Å². The van der Waals surface area contributed by atoms with Crippen LogP contribution in [0.4, 0.5) is 5.82 Å². The van der Waals surface area contributed by atoms with E-state index < -0.39 is 0 Å². The molecule has 0 saturated heterocycles. The molecule has 0 aliphatic rings. The van der Waals surface area contributed by atoms with Gasteiger partial charge in [-0.1, -0.05) is 20.8 Å². The molecule has 0 saturated carbocycles. The fourth-order valence-electron chi connectivity index (χ4n) is 1.84. The predicted molar refractivity (Wildman–Crippen MR) is 89.5 cm³/mol. The van der Waals surface area contributed by atoms with Crippen molar-refractivity contribution in [2.24, 2.45) is 0 Å². The molecule has 108 valence electrons. The van der Waals surface area contributed by atoms with E-state index in [9.17, 15) is 0 Å². The highest BCUT2D eigenvalue weighted by Gasteiger charge is 2.14. The summed E-state index contributed by atoms with van der Waals surface area (Å²) < 4.78 is 2.91. The summed E-state index contributed by atoms with van der Waals surface area (Å²) in [7, 11) is 0. The quantitative estimate of drug-likeness (QED) is 0.801. The minimum absolute atomic E-state index is 0.283. The number of nitrogens with one attached hydrogen (secondary N) is 1. The summed E-state index contributed by atoms with van der Waals surface area (Å²) in [5.41, 5.74) is 1.03. The second kappa shape index (κ2) is 6.51. The van der Waals surface area contributed by atoms with Gasteiger partial charge in [0.1, 0.15) is 11.6 Å². The molecule has 5 nitrogen and oxygen atoms in total. The molecular formula is C14H20IN5. The molecule has 2 rings (SSSR count). The SMILES string of the molecule is CCCNc1nc(C(C)C)nc(-n2cc(I)cn2)c1C. The maximum atomic E-state index is 4.67. The molecule has 2 aromatic heterocycles. The van der Waals surface area contributed by atoms with Crippen LogP contribution in [0.25, 0.3) is 5.82 Å². The Morgan fingerprint density at radius 1 is 1.35 bits per heavy atom. The zero-order valence-electron chi connectivity index (χ0n) is 12.3. The van der Waals surface area contributed by atoms with Crippen LogP contribution in [0.1, 0.15) is 44.5 Å². The molecule has 0 fully saturated rings. The highest BCUT2D eigenvalue weighted by molar-refractivity contribution is 14.1. The van der Waals surface area contributed by atoms with E-state index >= 15 is 0 Å². The minimum atomic E-state index is 0.283. The van der Waals surface area contributed by atoms with E-state index in [0.29, 0.717) is 0 Å². The standard InChI is InChI=1S/C14H20IN5/c1-5-6-16-13-10(4)14(19-12(18-13)9(2)3)20-8-11(15)7-17-20/h7-9H,5-6H2,1-4H3,(H,16,18,19). The van der Waals surface area contributed by atoms with Crippen molar-refractivity contribution < 1.29 is 0 Å². The van der Waals surface area contributed by atoms with Gasteiger partial charge in [0.2, 0.25) is 0 Å². The molecular weight excluding hydrogens is 365 g/mol. The minimum Gasteiger partial charge on any atom is -0.370 e. The number of aromatic nitrogens is 4. The molecule has 0 atom stereocenters. The molecule has 0 bridgehead atoms. The molecule has 0 aromatic carbocycles. The summed E-state index contributed by atoms with van der Waals surface area (Å²) in [5, 5.41) is 7.74. The fourth-order valence-corrected chi connectivity index (χ4v) is 2.22. The van der Waals surface area contributed by atoms with Crippen molar-refractivity contribution in [1.82, 2.24) is 19.7 Å². The van der Waals surface area contributed by atoms with Crippen LogP contribution in [-0.2, 0) is 0 Å². The van der Waals surface area contributed by atoms with Crippen LogP contribution in [0.15, 0.2) is 12.4 Å². The molecule has 0 amide bonds. The van der Waals surface area contributed by atoms with E-state index in [2.05, 4.69) is 63.7 Å². The first-order valence-corrected chi connectivity index (χ1v) is 7.93. The largest absolute Gasteiger partial charge is 0.370 e. The molecule has 0 unspecified atom stereocenters. The topological polar surface area (TPSA) is 55.6 Å². The average molecular weight is 385 g/mol. The van der Waals surface area contributed by atoms with Crippen molar-refractivity contribution in [3.63, 3.8) is 0 Å². The molecule has 20 heavy (non-hydrogen) atoms. The second-order valence-corrected chi connectivity index (χ2v) is 6.31. The van der Waals surface area contributed by atoms with Crippen LogP contribution in [0, 0.1) is 10.5 Å². The van der Waals surface area contributed by atoms with Gasteiger partial charge in [-0.05, 0) is 35.9 Å². The first kappa shape index (κ1) is 15.2. The van der Waals surface area contributed by atoms with E-state index in [1.54, 1.807) is 0 Å². The first-order valence-electron chi connectivity index (χ1n) is 6.85. The maximum absolute atomic E-state index is 4.67. The summed E-state index contributed by atoms with van der Waals surface area (Å²) in [4.78, 5) is 9.31. The van der Waals surface area contributed by atoms with Crippen molar-refractivity contribution >= 4 is 28.4 Å². The predicted octanol–water partition coefficient (Wildman–Crippen LogP) is 3.52. The van der Waals surface area contributed by atoms with Crippen LogP contribution in [0.5, 0.6) is 0 Å². The summed E-state index contributed by atoms with van der Waals surface area (Å²) in [6.45, 7) is 9.29. The van der Waals surface area contributed by atoms with Gasteiger partial charge in [0.05, 0.1) is 9.77 Å². The molecule has 6 heteroatoms. The zero-order chi connectivity index (χ0) is 14.7. The Balaban J connectivity index is 2.51. The van der Waals surface area contributed by atoms with Crippen LogP contribution in [0.3, 0.4) is 0 Å². The van der Waals surface area contributed by atoms with Crippen molar-refractivity contribution in [2.75, 3.05) is 11.9 Å². The van der Waals surface area contributed by atoms with Crippen molar-refractivity contribution in [3.05, 3.63) is 27.4 Å². The normalized spacial score (nSPS) is 11.1. The Bertz CT molecular complexity index is 591. The number of hydrogen-bond donors (Lipinski definition) is 1. The van der Waals surface area contributed by atoms with Gasteiger partial charge in [-0.3, -0.25) is 0 Å². The van der Waals surface area contributed by atoms with E-state index in [-0.39, 0.29) is 5.92 Å². The number of halogens is 1. The lowest BCUT2D eigenvalue weighted by Gasteiger charge is -2.15. The van der Waals surface area contributed by atoms with Gasteiger partial charge >= 0.3 is 0 Å². The van der Waals surface area contributed by atoms with E-state index in [1.807, 2.05) is 24.0 Å². The summed E-state index contributed by atoms with van der Waals surface area (Å²) >= 11 is 2.25. The zero-order valence-corrected chi connectivity index (χ0v) is 14.5. The lowest BCUT2D eigenvalue weighted by molar-refractivity contribution is 0.739. The van der Waals surface area contributed by atoms with Gasteiger partial charge in [-0.25, -0.2) is 14.6 Å². The van der Waals surface area contributed by atoms with E-state index in [1.165, 1.54) is 0 Å². The third-order valence-electron chi connectivity index (χ3n) is 2.96. The summed E-state index contributed by atoms with van der Waals surface area (Å²) in [6.07, 6.45) is 4.87. The van der Waals surface area contributed by atoms with Gasteiger partial charge in [-0.2, -0.15) is 5.10 Å². The molecule has 0 aliphatic heterocycles.